The van der Waals surface area contributed by atoms with Crippen LogP contribution in [0.15, 0.2) is 71.6 Å². The first-order valence-electron chi connectivity index (χ1n) is 10.3. The number of hydrogen-bond acceptors (Lipinski definition) is 4. The highest BCUT2D eigenvalue weighted by molar-refractivity contribution is 7.92. The predicted octanol–water partition coefficient (Wildman–Crippen LogP) is 4.53. The molecule has 9 heteroatoms. The normalized spacial score (nSPS) is 12.1. The van der Waals surface area contributed by atoms with Crippen LogP contribution >= 0.6 is 0 Å². The fourth-order valence-corrected chi connectivity index (χ4v) is 4.26. The van der Waals surface area contributed by atoms with Gasteiger partial charge in [0.1, 0.15) is 17.4 Å². The van der Waals surface area contributed by atoms with Gasteiger partial charge in [-0.1, -0.05) is 12.1 Å². The Morgan fingerprint density at radius 1 is 1.00 bits per heavy atom. The zero-order chi connectivity index (χ0) is 24.0. The van der Waals surface area contributed by atoms with Gasteiger partial charge in [-0.3, -0.25) is 9.52 Å². The lowest BCUT2D eigenvalue weighted by molar-refractivity contribution is 0.0939. The van der Waals surface area contributed by atoms with Crippen molar-refractivity contribution in [2.24, 2.45) is 0 Å². The van der Waals surface area contributed by atoms with Gasteiger partial charge in [-0.2, -0.15) is 0 Å². The van der Waals surface area contributed by atoms with E-state index in [0.717, 1.165) is 12.1 Å². The number of rotatable bonds is 9. The molecule has 6 nitrogen and oxygen atoms in total. The molecular formula is C24H24F2N2O4S. The molecule has 3 aromatic rings. The topological polar surface area (TPSA) is 84.5 Å². The van der Waals surface area contributed by atoms with Crippen molar-refractivity contribution in [2.45, 2.75) is 31.2 Å². The first kappa shape index (κ1) is 24.2. The van der Waals surface area contributed by atoms with Gasteiger partial charge in [0.2, 0.25) is 0 Å². The van der Waals surface area contributed by atoms with Gasteiger partial charge in [-0.05, 0) is 74.9 Å². The molecule has 0 saturated carbocycles. The highest BCUT2D eigenvalue weighted by Crippen LogP contribution is 2.20. The largest absolute Gasteiger partial charge is 0.494 e. The van der Waals surface area contributed by atoms with Gasteiger partial charge >= 0.3 is 0 Å². The molecule has 174 valence electrons. The Balaban J connectivity index is 1.69. The van der Waals surface area contributed by atoms with Crippen LogP contribution in [-0.4, -0.2) is 27.0 Å². The lowest BCUT2D eigenvalue weighted by atomic mass is 10.1. The zero-order valence-electron chi connectivity index (χ0n) is 18.1. The van der Waals surface area contributed by atoms with E-state index in [1.54, 1.807) is 19.1 Å². The lowest BCUT2D eigenvalue weighted by Crippen LogP contribution is -2.34. The number of halogens is 2. The van der Waals surface area contributed by atoms with E-state index in [0.29, 0.717) is 12.4 Å². The van der Waals surface area contributed by atoms with E-state index in [-0.39, 0.29) is 28.1 Å². The molecule has 2 N–H and O–H groups in total. The first-order chi connectivity index (χ1) is 15.7. The van der Waals surface area contributed by atoms with Crippen molar-refractivity contribution in [2.75, 3.05) is 11.3 Å². The van der Waals surface area contributed by atoms with Gasteiger partial charge < -0.3 is 10.1 Å². The summed E-state index contributed by atoms with van der Waals surface area (Å²) in [5.41, 5.74) is 0.286. The van der Waals surface area contributed by atoms with E-state index in [1.165, 1.54) is 42.5 Å². The fraction of sp³-hybridized carbons (Fsp3) is 0.208. The van der Waals surface area contributed by atoms with Crippen molar-refractivity contribution in [3.8, 4) is 5.75 Å². The summed E-state index contributed by atoms with van der Waals surface area (Å²) in [4.78, 5) is 12.7. The van der Waals surface area contributed by atoms with Gasteiger partial charge in [0, 0.05) is 22.9 Å². The molecule has 1 atom stereocenters. The molecule has 0 aromatic heterocycles. The summed E-state index contributed by atoms with van der Waals surface area (Å²) in [6.45, 7) is 3.92. The summed E-state index contributed by atoms with van der Waals surface area (Å²) in [6.07, 6.45) is -0.0334. The second-order valence-corrected chi connectivity index (χ2v) is 9.05. The molecule has 0 spiro atoms. The van der Waals surface area contributed by atoms with Crippen LogP contribution in [0.3, 0.4) is 0 Å². The Kier molecular flexibility index (Phi) is 7.65. The zero-order valence-corrected chi connectivity index (χ0v) is 19.0. The second-order valence-electron chi connectivity index (χ2n) is 7.37. The van der Waals surface area contributed by atoms with Crippen LogP contribution in [0.1, 0.15) is 29.8 Å². The molecule has 0 aliphatic carbocycles. The monoisotopic (exact) mass is 474 g/mol. The molecule has 0 saturated heterocycles. The molecule has 0 aliphatic rings. The highest BCUT2D eigenvalue weighted by atomic mass is 32.2. The Morgan fingerprint density at radius 2 is 1.64 bits per heavy atom. The van der Waals surface area contributed by atoms with Crippen LogP contribution in [0, 0.1) is 11.6 Å². The van der Waals surface area contributed by atoms with Gasteiger partial charge in [0.15, 0.2) is 0 Å². The molecule has 3 rings (SSSR count). The minimum absolute atomic E-state index is 0.0334. The average molecular weight is 475 g/mol. The third kappa shape index (κ3) is 6.29. The average Bonchev–Trinajstić information content (AvgIpc) is 2.77. The number of hydrogen-bond donors (Lipinski definition) is 2. The lowest BCUT2D eigenvalue weighted by Gasteiger charge is -2.16. The summed E-state index contributed by atoms with van der Waals surface area (Å²) in [6, 6.07) is 14.9. The smallest absolute Gasteiger partial charge is 0.261 e. The summed E-state index contributed by atoms with van der Waals surface area (Å²) in [5.74, 6) is -1.30. The quantitative estimate of drug-likeness (QED) is 0.477. The van der Waals surface area contributed by atoms with Crippen molar-refractivity contribution in [1.82, 2.24) is 5.32 Å². The fourth-order valence-electron chi connectivity index (χ4n) is 3.21. The van der Waals surface area contributed by atoms with Crippen LogP contribution in [0.4, 0.5) is 14.5 Å². The van der Waals surface area contributed by atoms with Crippen molar-refractivity contribution in [3.63, 3.8) is 0 Å². The van der Waals surface area contributed by atoms with Crippen molar-refractivity contribution in [1.29, 1.82) is 0 Å². The van der Waals surface area contributed by atoms with Gasteiger partial charge in [-0.15, -0.1) is 0 Å². The van der Waals surface area contributed by atoms with Crippen LogP contribution in [-0.2, 0) is 16.4 Å². The van der Waals surface area contributed by atoms with Gasteiger partial charge in [-0.25, -0.2) is 17.2 Å². The molecule has 1 unspecified atom stereocenters. The van der Waals surface area contributed by atoms with E-state index in [2.05, 4.69) is 10.0 Å². The van der Waals surface area contributed by atoms with Crippen molar-refractivity contribution in [3.05, 3.63) is 89.5 Å². The maximum atomic E-state index is 13.9. The summed E-state index contributed by atoms with van der Waals surface area (Å²) in [5, 5.41) is 2.68. The number of nitrogens with one attached hydrogen (secondary N) is 2. The predicted molar refractivity (Wildman–Crippen MR) is 122 cm³/mol. The Hall–Kier alpha value is -3.46. The van der Waals surface area contributed by atoms with E-state index < -0.39 is 33.6 Å². The Bertz CT molecular complexity index is 1210. The number of carbonyl (C=O) groups excluding carboxylic acids is 1. The Labute approximate surface area is 191 Å². The molecule has 0 bridgehead atoms. The minimum Gasteiger partial charge on any atom is -0.494 e. The number of benzene rings is 3. The number of anilines is 1. The summed E-state index contributed by atoms with van der Waals surface area (Å²) < 4.78 is 60.8. The van der Waals surface area contributed by atoms with E-state index in [4.69, 9.17) is 4.74 Å². The highest BCUT2D eigenvalue weighted by Gasteiger charge is 2.18. The molecule has 33 heavy (non-hydrogen) atoms. The second kappa shape index (κ2) is 10.4. The van der Waals surface area contributed by atoms with Crippen molar-refractivity contribution >= 4 is 21.6 Å². The van der Waals surface area contributed by atoms with E-state index >= 15 is 0 Å². The van der Waals surface area contributed by atoms with Crippen molar-refractivity contribution < 1.29 is 26.7 Å². The summed E-state index contributed by atoms with van der Waals surface area (Å²) in [7, 11) is -3.88. The number of carbonyl (C=O) groups is 1. The van der Waals surface area contributed by atoms with Crippen LogP contribution in [0.2, 0.25) is 0 Å². The molecule has 0 aliphatic heterocycles. The first-order valence-corrected chi connectivity index (χ1v) is 11.8. The minimum atomic E-state index is -3.88. The van der Waals surface area contributed by atoms with Crippen LogP contribution in [0.5, 0.6) is 5.75 Å². The molecular weight excluding hydrogens is 450 g/mol. The SMILES string of the molecule is CCOc1ccc(S(=O)(=O)Nc2cccc(C(=O)NC(C)Cc3c(F)cccc3F)c2)cc1. The van der Waals surface area contributed by atoms with Gasteiger partial charge in [0.05, 0.1) is 11.5 Å². The maximum absolute atomic E-state index is 13.9. The Morgan fingerprint density at radius 3 is 2.27 bits per heavy atom. The van der Waals surface area contributed by atoms with Crippen LogP contribution in [0.25, 0.3) is 0 Å². The molecule has 0 radical (unpaired) electrons. The molecule has 1 amide bonds. The van der Waals surface area contributed by atoms with E-state index in [9.17, 15) is 22.0 Å². The number of amides is 1. The number of ether oxygens (including phenoxy) is 1. The summed E-state index contributed by atoms with van der Waals surface area (Å²) >= 11 is 0. The molecule has 3 aromatic carbocycles. The maximum Gasteiger partial charge on any atom is 0.261 e. The standard InChI is InChI=1S/C24H24F2N2O4S/c1-3-32-19-10-12-20(13-11-19)33(30,31)28-18-7-4-6-17(15-18)24(29)27-16(2)14-21-22(25)8-5-9-23(21)26/h4-13,15-16,28H,3,14H2,1-2H3,(H,27,29). The molecule has 0 fully saturated rings. The number of sulfonamides is 1. The molecule has 0 heterocycles. The van der Waals surface area contributed by atoms with Crippen LogP contribution < -0.4 is 14.8 Å². The third-order valence-electron chi connectivity index (χ3n) is 4.77. The van der Waals surface area contributed by atoms with Gasteiger partial charge in [0.25, 0.3) is 15.9 Å². The third-order valence-corrected chi connectivity index (χ3v) is 6.17. The van der Waals surface area contributed by atoms with E-state index in [1.807, 2.05) is 6.92 Å².